The molecule has 3 heterocycles. The number of nitrogens with zero attached hydrogens (tertiary/aromatic N) is 5. The average Bonchev–Trinajstić information content (AvgIpc) is 3.15. The highest BCUT2D eigenvalue weighted by Gasteiger charge is 2.29. The third kappa shape index (κ3) is 7.22. The van der Waals surface area contributed by atoms with Gasteiger partial charge in [-0.2, -0.15) is 11.8 Å². The van der Waals surface area contributed by atoms with Crippen molar-refractivity contribution in [1.82, 2.24) is 25.5 Å². The zero-order chi connectivity index (χ0) is 19.0. The lowest BCUT2D eigenvalue weighted by Crippen LogP contribution is -2.48. The largest absolute Gasteiger partial charge is 0.356 e. The Morgan fingerprint density at radius 1 is 1.21 bits per heavy atom. The number of hydrogen-bond donors (Lipinski definition) is 2. The second kappa shape index (κ2) is 12.0. The number of aromatic nitrogens is 2. The van der Waals surface area contributed by atoms with Crippen molar-refractivity contribution in [2.24, 2.45) is 4.99 Å². The van der Waals surface area contributed by atoms with Crippen molar-refractivity contribution in [1.29, 1.82) is 0 Å². The fourth-order valence-corrected chi connectivity index (χ4v) is 4.85. The summed E-state index contributed by atoms with van der Waals surface area (Å²) in [6, 6.07) is 1.86. The molecule has 0 saturated carbocycles. The zero-order valence-corrected chi connectivity index (χ0v) is 20.2. The number of nitrogens with one attached hydrogen (secondary N) is 2. The molecule has 0 bridgehead atoms. The van der Waals surface area contributed by atoms with Crippen LogP contribution in [0.15, 0.2) is 23.5 Å². The summed E-state index contributed by atoms with van der Waals surface area (Å²) < 4.78 is 0.361. The van der Waals surface area contributed by atoms with Crippen LogP contribution in [-0.2, 0) is 0 Å². The Bertz CT molecular complexity index is 587. The molecule has 3 rings (SSSR count). The Morgan fingerprint density at radius 3 is 2.61 bits per heavy atom. The van der Waals surface area contributed by atoms with Crippen LogP contribution in [0.4, 0.5) is 5.95 Å². The molecule has 7 nitrogen and oxygen atoms in total. The van der Waals surface area contributed by atoms with E-state index in [4.69, 9.17) is 0 Å². The summed E-state index contributed by atoms with van der Waals surface area (Å²) in [5.41, 5.74) is 0. The van der Waals surface area contributed by atoms with Gasteiger partial charge in [0.25, 0.3) is 0 Å². The molecule has 2 saturated heterocycles. The van der Waals surface area contributed by atoms with Crippen LogP contribution in [0, 0.1) is 0 Å². The summed E-state index contributed by atoms with van der Waals surface area (Å²) in [6.45, 7) is 9.54. The maximum atomic E-state index is 4.36. The highest BCUT2D eigenvalue weighted by molar-refractivity contribution is 14.0. The first-order chi connectivity index (χ1) is 13.2. The van der Waals surface area contributed by atoms with Gasteiger partial charge >= 0.3 is 0 Å². The fourth-order valence-electron chi connectivity index (χ4n) is 3.60. The van der Waals surface area contributed by atoms with Crippen LogP contribution in [-0.4, -0.2) is 84.2 Å². The molecule has 1 unspecified atom stereocenters. The van der Waals surface area contributed by atoms with Crippen LogP contribution in [0.2, 0.25) is 0 Å². The smallest absolute Gasteiger partial charge is 0.225 e. The maximum Gasteiger partial charge on any atom is 0.225 e. The highest BCUT2D eigenvalue weighted by atomic mass is 127. The molecule has 2 aliphatic rings. The van der Waals surface area contributed by atoms with E-state index >= 15 is 0 Å². The van der Waals surface area contributed by atoms with E-state index in [1.165, 1.54) is 18.6 Å². The molecule has 9 heteroatoms. The van der Waals surface area contributed by atoms with Gasteiger partial charge in [0.15, 0.2) is 5.96 Å². The van der Waals surface area contributed by atoms with Crippen LogP contribution in [0.5, 0.6) is 0 Å². The molecule has 1 atom stereocenters. The van der Waals surface area contributed by atoms with Crippen molar-refractivity contribution in [3.05, 3.63) is 18.5 Å². The Labute approximate surface area is 190 Å². The van der Waals surface area contributed by atoms with E-state index in [1.807, 2.05) is 25.5 Å². The van der Waals surface area contributed by atoms with Crippen LogP contribution in [0.3, 0.4) is 0 Å². The van der Waals surface area contributed by atoms with Gasteiger partial charge in [0.2, 0.25) is 5.95 Å². The molecule has 0 spiro atoms. The Balaban J connectivity index is 0.00000280. The molecule has 28 heavy (non-hydrogen) atoms. The number of piperazine rings is 1. The summed E-state index contributed by atoms with van der Waals surface area (Å²) in [4.78, 5) is 17.8. The quantitative estimate of drug-likeness (QED) is 0.248. The van der Waals surface area contributed by atoms with Gasteiger partial charge in [-0.3, -0.25) is 9.89 Å². The van der Waals surface area contributed by atoms with Crippen molar-refractivity contribution < 1.29 is 0 Å². The van der Waals surface area contributed by atoms with E-state index < -0.39 is 0 Å². The van der Waals surface area contributed by atoms with Crippen molar-refractivity contribution >= 4 is 47.6 Å². The topological polar surface area (TPSA) is 68.7 Å². The number of rotatable bonds is 7. The number of thioether (sulfide) groups is 1. The van der Waals surface area contributed by atoms with Gasteiger partial charge in [0, 0.05) is 63.5 Å². The molecule has 1 aromatic rings. The molecule has 2 fully saturated rings. The first kappa shape index (κ1) is 23.5. The Kier molecular flexibility index (Phi) is 10.1. The molecule has 0 aromatic carbocycles. The molecule has 158 valence electrons. The molecular weight excluding hydrogens is 485 g/mol. The monoisotopic (exact) mass is 519 g/mol. The minimum atomic E-state index is 0. The van der Waals surface area contributed by atoms with Crippen LogP contribution >= 0.6 is 35.7 Å². The Hall–Kier alpha value is -0.810. The molecule has 2 N–H and O–H groups in total. The van der Waals surface area contributed by atoms with E-state index in [-0.39, 0.29) is 24.0 Å². The summed E-state index contributed by atoms with van der Waals surface area (Å²) >= 11 is 2.08. The van der Waals surface area contributed by atoms with E-state index in [9.17, 15) is 0 Å². The standard InChI is InChI=1S/C19H33N7S.HI/c1-19(6-3-15-27-19)16-24-17(20-2)21-9-5-10-25-11-13-26(14-12-25)18-22-7-4-8-23-18;/h4,7-8H,3,5-6,9-16H2,1-2H3,(H2,20,21,24);1H. The van der Waals surface area contributed by atoms with Crippen LogP contribution < -0.4 is 15.5 Å². The number of guanidine groups is 1. The molecule has 2 aliphatic heterocycles. The van der Waals surface area contributed by atoms with Gasteiger partial charge in [-0.05, 0) is 44.6 Å². The number of aliphatic imine (C=N–C) groups is 1. The second-order valence-corrected chi connectivity index (χ2v) is 9.17. The fraction of sp³-hybridized carbons (Fsp3) is 0.737. The molecule has 0 amide bonds. The number of anilines is 1. The van der Waals surface area contributed by atoms with Crippen molar-refractivity contribution in [3.63, 3.8) is 0 Å². The van der Waals surface area contributed by atoms with Gasteiger partial charge < -0.3 is 15.5 Å². The molecule has 1 aromatic heterocycles. The highest BCUT2D eigenvalue weighted by Crippen LogP contribution is 2.36. The van der Waals surface area contributed by atoms with Crippen molar-refractivity contribution in [2.45, 2.75) is 30.9 Å². The minimum Gasteiger partial charge on any atom is -0.356 e. The maximum absolute atomic E-state index is 4.36. The molecular formula is C19H34IN7S. The lowest BCUT2D eigenvalue weighted by molar-refractivity contribution is 0.254. The summed E-state index contributed by atoms with van der Waals surface area (Å²) in [5.74, 6) is 3.06. The molecule has 0 aliphatic carbocycles. The predicted octanol–water partition coefficient (Wildman–Crippen LogP) is 2.06. The first-order valence-electron chi connectivity index (χ1n) is 10.0. The van der Waals surface area contributed by atoms with Crippen LogP contribution in [0.1, 0.15) is 26.2 Å². The lowest BCUT2D eigenvalue weighted by atomic mass is 10.1. The predicted molar refractivity (Wildman–Crippen MR) is 130 cm³/mol. The first-order valence-corrected chi connectivity index (χ1v) is 11.0. The van der Waals surface area contributed by atoms with E-state index in [0.29, 0.717) is 4.75 Å². The molecule has 0 radical (unpaired) electrons. The van der Waals surface area contributed by atoms with Gasteiger partial charge in [-0.1, -0.05) is 0 Å². The Morgan fingerprint density at radius 2 is 1.96 bits per heavy atom. The van der Waals surface area contributed by atoms with E-state index in [1.54, 1.807) is 0 Å². The SMILES string of the molecule is CN=C(NCCCN1CCN(c2ncccn2)CC1)NCC1(C)CCCS1.I. The summed E-state index contributed by atoms with van der Waals surface area (Å²) in [7, 11) is 1.85. The third-order valence-corrected chi connectivity index (χ3v) is 6.84. The zero-order valence-electron chi connectivity index (χ0n) is 17.1. The van der Waals surface area contributed by atoms with Gasteiger partial charge in [0.05, 0.1) is 0 Å². The average molecular weight is 520 g/mol. The second-order valence-electron chi connectivity index (χ2n) is 7.49. The van der Waals surface area contributed by atoms with Gasteiger partial charge in [0.1, 0.15) is 0 Å². The van der Waals surface area contributed by atoms with Crippen LogP contribution in [0.25, 0.3) is 0 Å². The summed E-state index contributed by atoms with van der Waals surface area (Å²) in [5, 5.41) is 6.96. The van der Waals surface area contributed by atoms with Crippen molar-refractivity contribution in [2.75, 3.05) is 63.5 Å². The van der Waals surface area contributed by atoms with E-state index in [0.717, 1.165) is 64.1 Å². The summed E-state index contributed by atoms with van der Waals surface area (Å²) in [6.07, 6.45) is 7.37. The number of halogens is 1. The van der Waals surface area contributed by atoms with E-state index in [2.05, 4.69) is 54.1 Å². The minimum absolute atomic E-state index is 0. The third-order valence-electron chi connectivity index (χ3n) is 5.30. The number of hydrogen-bond acceptors (Lipinski definition) is 6. The van der Waals surface area contributed by atoms with Crippen molar-refractivity contribution in [3.8, 4) is 0 Å². The lowest BCUT2D eigenvalue weighted by Gasteiger charge is -2.34. The van der Waals surface area contributed by atoms with Gasteiger partial charge in [-0.15, -0.1) is 24.0 Å². The normalized spacial score (nSPS) is 23.4. The van der Waals surface area contributed by atoms with Gasteiger partial charge in [-0.25, -0.2) is 9.97 Å².